The van der Waals surface area contributed by atoms with Crippen molar-refractivity contribution in [2.45, 2.75) is 0 Å². The smallest absolute Gasteiger partial charge is 0.543 e. The average molecular weight is 164 g/mol. The third kappa shape index (κ3) is 9.05. The van der Waals surface area contributed by atoms with Crippen molar-refractivity contribution in [1.29, 1.82) is 0 Å². The Hall–Kier alpha value is -0.594. The van der Waals surface area contributed by atoms with Gasteiger partial charge < -0.3 is 26.0 Å². The van der Waals surface area contributed by atoms with Crippen molar-refractivity contribution in [3.05, 3.63) is 0 Å². The Kier molecular flexibility index (Phi) is 12.5. The van der Waals surface area contributed by atoms with Crippen LogP contribution in [0.1, 0.15) is 0 Å². The van der Waals surface area contributed by atoms with Crippen LogP contribution >= 0.6 is 0 Å². The second-order valence-corrected chi connectivity index (χ2v) is 0.575. The molecule has 0 aromatic rings. The van der Waals surface area contributed by atoms with E-state index in [4.69, 9.17) is 19.8 Å². The maximum Gasteiger partial charge on any atom is 2.00 e. The second-order valence-electron chi connectivity index (χ2n) is 0.575. The van der Waals surface area contributed by atoms with Crippen LogP contribution in [0, 0.1) is 0 Å². The van der Waals surface area contributed by atoms with Crippen LogP contribution in [0.3, 0.4) is 0 Å². The maximum atomic E-state index is 8.93. The number of hydrogen-bond donors (Lipinski definition) is 1. The molecule has 6 heteroatoms. The topological polar surface area (TPSA) is 115 Å². The first kappa shape index (κ1) is 15.7. The molecular weight excluding hydrogens is 161 g/mol. The summed E-state index contributed by atoms with van der Waals surface area (Å²) in [6.07, 6.45) is 0. The number of carbonyl (C=O) groups is 2. The van der Waals surface area contributed by atoms with E-state index < -0.39 is 11.9 Å². The van der Waals surface area contributed by atoms with Gasteiger partial charge in [-0.3, -0.25) is 0 Å². The summed E-state index contributed by atoms with van der Waals surface area (Å²) in [6, 6.07) is 0. The third-order valence-corrected chi connectivity index (χ3v) is 0.167. The van der Waals surface area contributed by atoms with Gasteiger partial charge in [0.15, 0.2) is 0 Å². The zero-order valence-corrected chi connectivity index (χ0v) is 4.71. The first-order chi connectivity index (χ1) is 2.64. The molecule has 0 aliphatic rings. The minimum atomic E-state index is -2.19. The van der Waals surface area contributed by atoms with Gasteiger partial charge in [-0.15, -0.1) is 0 Å². The number of carbonyl (C=O) groups excluding carboxylic acids is 2. The number of hydrogen-bond acceptors (Lipinski definition) is 5. The monoisotopic (exact) mass is 164 g/mol. The van der Waals surface area contributed by atoms with Gasteiger partial charge in [0, 0.05) is 0 Å². The molecule has 1 radical (unpaired) electrons. The van der Waals surface area contributed by atoms with Crippen molar-refractivity contribution >= 4 is 11.9 Å². The van der Waals surface area contributed by atoms with E-state index in [0.717, 1.165) is 0 Å². The molecule has 0 heterocycles. The molecular formula is C2H3CoNO4. The molecule has 0 aromatic heterocycles. The standard InChI is InChI=1S/C2H2O4.Co.H3N/c3-1(4)2(5)6;;/h(H,3,4)(H,5,6);;1H3/q;+2;/p-2. The Bertz CT molecular complexity index is 80.0. The van der Waals surface area contributed by atoms with Gasteiger partial charge in [-0.2, -0.15) is 0 Å². The zero-order valence-electron chi connectivity index (χ0n) is 3.67. The fourth-order valence-electron chi connectivity index (χ4n) is 0. The molecule has 0 rings (SSSR count). The third-order valence-electron chi connectivity index (χ3n) is 0.167. The first-order valence-corrected chi connectivity index (χ1v) is 1.07. The fourth-order valence-corrected chi connectivity index (χ4v) is 0. The largest absolute Gasteiger partial charge is 2.00 e. The molecule has 0 bridgehead atoms. The van der Waals surface area contributed by atoms with E-state index in [1.807, 2.05) is 0 Å². The summed E-state index contributed by atoms with van der Waals surface area (Å²) in [5.74, 6) is -4.37. The molecule has 5 nitrogen and oxygen atoms in total. The van der Waals surface area contributed by atoms with Crippen molar-refractivity contribution in [3.63, 3.8) is 0 Å². The maximum absolute atomic E-state index is 8.93. The van der Waals surface area contributed by atoms with Gasteiger partial charge in [0.2, 0.25) is 0 Å². The molecule has 0 saturated heterocycles. The fraction of sp³-hybridized carbons (Fsp3) is 0. The summed E-state index contributed by atoms with van der Waals surface area (Å²) < 4.78 is 0. The van der Waals surface area contributed by atoms with Crippen LogP contribution in [0.5, 0.6) is 0 Å². The Morgan fingerprint density at radius 2 is 1.12 bits per heavy atom. The Morgan fingerprint density at radius 1 is 1.00 bits per heavy atom. The summed E-state index contributed by atoms with van der Waals surface area (Å²) in [7, 11) is 0. The zero-order chi connectivity index (χ0) is 5.15. The van der Waals surface area contributed by atoms with Crippen LogP contribution in [0.25, 0.3) is 0 Å². The van der Waals surface area contributed by atoms with Crippen LogP contribution in [-0.2, 0) is 26.4 Å². The quantitative estimate of drug-likeness (QED) is 0.375. The van der Waals surface area contributed by atoms with E-state index in [-0.39, 0.29) is 22.9 Å². The van der Waals surface area contributed by atoms with Crippen molar-refractivity contribution in [1.82, 2.24) is 6.15 Å². The predicted molar refractivity (Wildman–Crippen MR) is 15.0 cm³/mol. The van der Waals surface area contributed by atoms with E-state index in [0.29, 0.717) is 0 Å². The molecule has 0 aliphatic carbocycles. The second kappa shape index (κ2) is 6.41. The normalized spacial score (nSPS) is 5.50. The van der Waals surface area contributed by atoms with Crippen LogP contribution < -0.4 is 16.4 Å². The molecule has 8 heavy (non-hydrogen) atoms. The van der Waals surface area contributed by atoms with Crippen LogP contribution in [0.2, 0.25) is 0 Å². The molecule has 0 atom stereocenters. The van der Waals surface area contributed by atoms with E-state index in [2.05, 4.69) is 0 Å². The van der Waals surface area contributed by atoms with Gasteiger partial charge in [0.25, 0.3) is 0 Å². The number of carboxylic acids is 2. The van der Waals surface area contributed by atoms with Crippen molar-refractivity contribution in [2.75, 3.05) is 0 Å². The molecule has 0 fully saturated rings. The van der Waals surface area contributed by atoms with E-state index in [1.165, 1.54) is 0 Å². The Balaban J connectivity index is -0.000000125. The Labute approximate surface area is 55.5 Å². The average Bonchev–Trinajstić information content (AvgIpc) is 1.36. The summed E-state index contributed by atoms with van der Waals surface area (Å²) in [4.78, 5) is 17.9. The molecule has 0 amide bonds. The summed E-state index contributed by atoms with van der Waals surface area (Å²) in [6.45, 7) is 0. The molecule has 49 valence electrons. The predicted octanol–water partition coefficient (Wildman–Crippen LogP) is -3.35. The van der Waals surface area contributed by atoms with E-state index in [1.54, 1.807) is 0 Å². The molecule has 0 aromatic carbocycles. The van der Waals surface area contributed by atoms with Gasteiger partial charge in [-0.25, -0.2) is 0 Å². The summed E-state index contributed by atoms with van der Waals surface area (Å²) in [5, 5.41) is 17.9. The van der Waals surface area contributed by atoms with Gasteiger partial charge in [0.05, 0.1) is 11.9 Å². The molecule has 0 saturated carbocycles. The van der Waals surface area contributed by atoms with Crippen LogP contribution in [-0.4, -0.2) is 11.9 Å². The number of rotatable bonds is 0. The minimum Gasteiger partial charge on any atom is -0.543 e. The van der Waals surface area contributed by atoms with Crippen LogP contribution in [0.4, 0.5) is 0 Å². The molecule has 0 aliphatic heterocycles. The molecule has 0 unspecified atom stereocenters. The van der Waals surface area contributed by atoms with Gasteiger partial charge in [-0.05, 0) is 0 Å². The SMILES string of the molecule is N.O=C([O-])C(=O)[O-].[Co+2]. The summed E-state index contributed by atoms with van der Waals surface area (Å²) >= 11 is 0. The van der Waals surface area contributed by atoms with Gasteiger partial charge >= 0.3 is 16.8 Å². The molecule has 3 N–H and O–H groups in total. The van der Waals surface area contributed by atoms with Crippen molar-refractivity contribution in [2.24, 2.45) is 0 Å². The van der Waals surface area contributed by atoms with Crippen molar-refractivity contribution in [3.8, 4) is 0 Å². The van der Waals surface area contributed by atoms with Crippen molar-refractivity contribution < 1.29 is 36.6 Å². The van der Waals surface area contributed by atoms with Crippen LogP contribution in [0.15, 0.2) is 0 Å². The Morgan fingerprint density at radius 3 is 1.12 bits per heavy atom. The first-order valence-electron chi connectivity index (χ1n) is 1.07. The number of aliphatic carboxylic acids is 2. The summed E-state index contributed by atoms with van der Waals surface area (Å²) in [5.41, 5.74) is 0. The van der Waals surface area contributed by atoms with E-state index >= 15 is 0 Å². The van der Waals surface area contributed by atoms with Gasteiger partial charge in [-0.1, -0.05) is 0 Å². The molecule has 0 spiro atoms. The number of carboxylic acid groups (broad SMARTS) is 2. The van der Waals surface area contributed by atoms with Gasteiger partial charge in [0.1, 0.15) is 0 Å². The minimum absolute atomic E-state index is 0. The van der Waals surface area contributed by atoms with E-state index in [9.17, 15) is 0 Å².